The van der Waals surface area contributed by atoms with E-state index >= 15 is 0 Å². The zero-order valence-electron chi connectivity index (χ0n) is 17.3. The lowest BCUT2D eigenvalue weighted by molar-refractivity contribution is -0.383. The summed E-state index contributed by atoms with van der Waals surface area (Å²) in [6.45, 7) is 0.665. The minimum atomic E-state index is -4.80. The number of nitro benzene ring substituents is 1. The van der Waals surface area contributed by atoms with E-state index in [1.54, 1.807) is 11.0 Å². The van der Waals surface area contributed by atoms with Gasteiger partial charge in [-0.3, -0.25) is 14.9 Å². The zero-order chi connectivity index (χ0) is 24.2. The number of nitrogens with one attached hydrogen (secondary N) is 1. The number of piperazine rings is 1. The molecule has 0 unspecified atom stereocenters. The molecule has 1 fully saturated rings. The molecule has 1 aliphatic heterocycles. The summed E-state index contributed by atoms with van der Waals surface area (Å²) in [4.78, 5) is 23.6. The molecule has 1 N–H and O–H groups in total. The third-order valence-corrected chi connectivity index (χ3v) is 7.13. The smallest absolute Gasteiger partial charge is 0.320 e. The molecule has 2 aromatic rings. The number of amides is 1. The molecule has 0 radical (unpaired) electrons. The fourth-order valence-corrected chi connectivity index (χ4v) is 5.10. The Morgan fingerprint density at radius 2 is 1.64 bits per heavy atom. The van der Waals surface area contributed by atoms with Gasteiger partial charge in [-0.25, -0.2) is 8.42 Å². The summed E-state index contributed by atoms with van der Waals surface area (Å²) < 4.78 is 66.3. The molecule has 33 heavy (non-hydrogen) atoms. The number of carbonyl (C=O) groups excluding carboxylic acids is 1. The van der Waals surface area contributed by atoms with Gasteiger partial charge in [0.15, 0.2) is 0 Å². The van der Waals surface area contributed by atoms with Gasteiger partial charge in [0.1, 0.15) is 5.69 Å². The summed E-state index contributed by atoms with van der Waals surface area (Å²) in [7, 11) is -4.34. The molecule has 0 aliphatic carbocycles. The number of sulfonamides is 1. The van der Waals surface area contributed by atoms with Crippen molar-refractivity contribution in [3.63, 3.8) is 0 Å². The van der Waals surface area contributed by atoms with Crippen molar-refractivity contribution in [2.24, 2.45) is 0 Å². The van der Waals surface area contributed by atoms with Crippen LogP contribution < -0.4 is 5.32 Å². The largest absolute Gasteiger partial charge is 0.417 e. The average Bonchev–Trinajstić information content (AvgIpc) is 2.77. The van der Waals surface area contributed by atoms with Crippen molar-refractivity contribution in [2.75, 3.05) is 38.0 Å². The highest BCUT2D eigenvalue weighted by Gasteiger charge is 2.39. The summed E-state index contributed by atoms with van der Waals surface area (Å²) >= 11 is 0. The maximum atomic E-state index is 13.2. The molecule has 1 amide bonds. The highest BCUT2D eigenvalue weighted by atomic mass is 32.2. The quantitative estimate of drug-likeness (QED) is 0.476. The van der Waals surface area contributed by atoms with E-state index in [9.17, 15) is 36.5 Å². The molecule has 0 bridgehead atoms. The van der Waals surface area contributed by atoms with E-state index in [2.05, 4.69) is 5.32 Å². The van der Waals surface area contributed by atoms with Gasteiger partial charge in [-0.2, -0.15) is 17.5 Å². The highest BCUT2D eigenvalue weighted by molar-refractivity contribution is 7.89. The number of nitrogens with zero attached hydrogens (tertiary/aromatic N) is 3. The van der Waals surface area contributed by atoms with Crippen molar-refractivity contribution in [3.05, 3.63) is 64.2 Å². The summed E-state index contributed by atoms with van der Waals surface area (Å²) in [6.07, 6.45) is -4.79. The minimum absolute atomic E-state index is 0.00963. The Balaban J connectivity index is 1.57. The van der Waals surface area contributed by atoms with Crippen molar-refractivity contribution in [1.29, 1.82) is 0 Å². The molecule has 178 valence electrons. The number of hydrogen-bond acceptors (Lipinski definition) is 6. The predicted octanol–water partition coefficient (Wildman–Crippen LogP) is 2.95. The maximum Gasteiger partial charge on any atom is 0.417 e. The fraction of sp³-hybridized carbons (Fsp3) is 0.350. The third kappa shape index (κ3) is 5.86. The molecule has 9 nitrogen and oxygen atoms in total. The molecule has 1 heterocycles. The van der Waals surface area contributed by atoms with Gasteiger partial charge in [0, 0.05) is 45.2 Å². The van der Waals surface area contributed by atoms with Crippen LogP contribution in [0.3, 0.4) is 0 Å². The molecule has 0 saturated carbocycles. The summed E-state index contributed by atoms with van der Waals surface area (Å²) in [6, 6.07) is 9.78. The van der Waals surface area contributed by atoms with Gasteiger partial charge in [0.25, 0.3) is 5.69 Å². The van der Waals surface area contributed by atoms with Crippen LogP contribution in [0.4, 0.5) is 24.5 Å². The van der Waals surface area contributed by atoms with E-state index in [0.717, 1.165) is 22.5 Å². The Kier molecular flexibility index (Phi) is 7.34. The number of hydrogen-bond donors (Lipinski definition) is 1. The molecule has 0 spiro atoms. The lowest BCUT2D eigenvalue weighted by Crippen LogP contribution is -2.49. The minimum Gasteiger partial charge on any atom is -0.320 e. The van der Waals surface area contributed by atoms with Gasteiger partial charge >= 0.3 is 6.18 Å². The van der Waals surface area contributed by atoms with Crippen molar-refractivity contribution >= 4 is 27.3 Å². The SMILES string of the molecule is O=C(CCN1CCN(S(=O)(=O)c2ccccc2C(F)(F)F)CC1)Nc1ccccc1[N+](=O)[O-]. The van der Waals surface area contributed by atoms with Crippen LogP contribution in [0.2, 0.25) is 0 Å². The van der Waals surface area contributed by atoms with Crippen LogP contribution in [0, 0.1) is 10.1 Å². The number of rotatable bonds is 7. The first-order valence-corrected chi connectivity index (χ1v) is 11.4. The first-order chi connectivity index (χ1) is 15.5. The topological polar surface area (TPSA) is 113 Å². The van der Waals surface area contributed by atoms with Crippen LogP contribution in [0.1, 0.15) is 12.0 Å². The predicted molar refractivity (Wildman–Crippen MR) is 113 cm³/mol. The summed E-state index contributed by atoms with van der Waals surface area (Å²) in [5.41, 5.74) is -1.37. The first kappa shape index (κ1) is 24.6. The van der Waals surface area contributed by atoms with E-state index in [0.29, 0.717) is 0 Å². The van der Waals surface area contributed by atoms with Crippen molar-refractivity contribution in [1.82, 2.24) is 9.21 Å². The van der Waals surface area contributed by atoms with Gasteiger partial charge in [0.2, 0.25) is 15.9 Å². The molecular weight excluding hydrogens is 465 g/mol. The first-order valence-electron chi connectivity index (χ1n) is 9.92. The Hall–Kier alpha value is -3.03. The fourth-order valence-electron chi connectivity index (χ4n) is 3.47. The Bertz CT molecular complexity index is 1130. The number of benzene rings is 2. The van der Waals surface area contributed by atoms with E-state index in [-0.39, 0.29) is 50.5 Å². The molecule has 0 aromatic heterocycles. The molecule has 0 atom stereocenters. The van der Waals surface area contributed by atoms with Crippen LogP contribution in [-0.2, 0) is 21.0 Å². The number of anilines is 1. The lowest BCUT2D eigenvalue weighted by atomic mass is 10.2. The number of nitro groups is 1. The second kappa shape index (κ2) is 9.85. The number of carbonyl (C=O) groups is 1. The van der Waals surface area contributed by atoms with Gasteiger partial charge in [0.05, 0.1) is 15.4 Å². The van der Waals surface area contributed by atoms with E-state index in [4.69, 9.17) is 0 Å². The van der Waals surface area contributed by atoms with Crippen LogP contribution >= 0.6 is 0 Å². The maximum absolute atomic E-state index is 13.2. The molecule has 2 aromatic carbocycles. The third-order valence-electron chi connectivity index (χ3n) is 5.17. The number of alkyl halides is 3. The average molecular weight is 486 g/mol. The second-order valence-corrected chi connectivity index (χ2v) is 9.22. The number of halogens is 3. The molecule has 1 aliphatic rings. The van der Waals surface area contributed by atoms with Crippen molar-refractivity contribution < 1.29 is 31.3 Å². The van der Waals surface area contributed by atoms with Crippen LogP contribution in [0.5, 0.6) is 0 Å². The van der Waals surface area contributed by atoms with Gasteiger partial charge < -0.3 is 10.2 Å². The second-order valence-electron chi connectivity index (χ2n) is 7.31. The van der Waals surface area contributed by atoms with Crippen LogP contribution in [0.25, 0.3) is 0 Å². The Morgan fingerprint density at radius 1 is 1.03 bits per heavy atom. The molecule has 3 rings (SSSR count). The normalized spacial score (nSPS) is 15.8. The van der Waals surface area contributed by atoms with E-state index in [1.165, 1.54) is 24.3 Å². The van der Waals surface area contributed by atoms with Gasteiger partial charge in [-0.1, -0.05) is 24.3 Å². The molecular formula is C20H21F3N4O5S. The summed E-state index contributed by atoms with van der Waals surface area (Å²) in [5.74, 6) is -0.446. The van der Waals surface area contributed by atoms with E-state index < -0.39 is 37.5 Å². The monoisotopic (exact) mass is 486 g/mol. The van der Waals surface area contributed by atoms with Crippen LogP contribution in [0.15, 0.2) is 53.4 Å². The Labute approximate surface area is 188 Å². The molecule has 1 saturated heterocycles. The van der Waals surface area contributed by atoms with Crippen molar-refractivity contribution in [2.45, 2.75) is 17.5 Å². The summed E-state index contributed by atoms with van der Waals surface area (Å²) in [5, 5.41) is 13.5. The van der Waals surface area contributed by atoms with Crippen molar-refractivity contribution in [3.8, 4) is 0 Å². The van der Waals surface area contributed by atoms with Crippen LogP contribution in [-0.4, -0.2) is 61.2 Å². The standard InChI is InChI=1S/C20H21F3N4O5S/c21-20(22,23)15-5-1-4-8-18(15)33(31,32)26-13-11-25(12-14-26)10-9-19(28)24-16-6-2-3-7-17(16)27(29)30/h1-8H,9-14H2,(H,24,28). The molecule has 13 heteroatoms. The van der Waals surface area contributed by atoms with Gasteiger partial charge in [-0.05, 0) is 18.2 Å². The highest BCUT2D eigenvalue weighted by Crippen LogP contribution is 2.35. The zero-order valence-corrected chi connectivity index (χ0v) is 18.1. The lowest BCUT2D eigenvalue weighted by Gasteiger charge is -2.34. The van der Waals surface area contributed by atoms with Gasteiger partial charge in [-0.15, -0.1) is 0 Å². The Morgan fingerprint density at radius 3 is 2.27 bits per heavy atom. The van der Waals surface area contributed by atoms with E-state index in [1.807, 2.05) is 0 Å². The number of para-hydroxylation sites is 2.